The second-order valence-electron chi connectivity index (χ2n) is 4.23. The molecule has 86 valence electrons. The molecule has 1 aliphatic carbocycles. The van der Waals surface area contributed by atoms with Crippen LogP contribution in [0.4, 0.5) is 5.95 Å². The molecule has 0 saturated carbocycles. The van der Waals surface area contributed by atoms with E-state index in [0.717, 1.165) is 12.8 Å². The summed E-state index contributed by atoms with van der Waals surface area (Å²) < 4.78 is 0. The number of benzene rings is 1. The number of aromatic nitrogens is 2. The summed E-state index contributed by atoms with van der Waals surface area (Å²) in [6.07, 6.45) is 6.70. The number of H-pyrrole nitrogens is 1. The first kappa shape index (κ1) is 10.1. The second kappa shape index (κ2) is 4.05. The molecule has 0 unspecified atom stereocenters. The molecule has 4 heteroatoms. The molecule has 0 fully saturated rings. The van der Waals surface area contributed by atoms with Gasteiger partial charge in [-0.1, -0.05) is 6.07 Å². The Morgan fingerprint density at radius 2 is 2.18 bits per heavy atom. The Labute approximate surface area is 99.1 Å². The van der Waals surface area contributed by atoms with E-state index in [4.69, 9.17) is 0 Å². The van der Waals surface area contributed by atoms with Gasteiger partial charge < -0.3 is 4.98 Å². The molecule has 2 aromatic rings. The molecule has 4 nitrogen and oxygen atoms in total. The van der Waals surface area contributed by atoms with E-state index in [1.54, 1.807) is 12.4 Å². The summed E-state index contributed by atoms with van der Waals surface area (Å²) in [5.74, 6) is 0.366. The zero-order chi connectivity index (χ0) is 11.7. The van der Waals surface area contributed by atoms with Gasteiger partial charge in [-0.2, -0.15) is 0 Å². The van der Waals surface area contributed by atoms with Crippen LogP contribution in [0, 0.1) is 0 Å². The minimum absolute atomic E-state index is 0.116. The molecule has 1 aromatic heterocycles. The molecule has 2 N–H and O–H groups in total. The lowest BCUT2D eigenvalue weighted by Gasteiger charge is -2.04. The smallest absolute Gasteiger partial charge is 0.257 e. The average molecular weight is 227 g/mol. The zero-order valence-electron chi connectivity index (χ0n) is 9.36. The Bertz CT molecular complexity index is 546. The monoisotopic (exact) mass is 227 g/mol. The van der Waals surface area contributed by atoms with Crippen molar-refractivity contribution < 1.29 is 4.79 Å². The van der Waals surface area contributed by atoms with E-state index in [0.29, 0.717) is 11.5 Å². The number of fused-ring (bicyclic) bond motifs is 1. The molecular weight excluding hydrogens is 214 g/mol. The highest BCUT2D eigenvalue weighted by molar-refractivity contribution is 6.03. The van der Waals surface area contributed by atoms with Crippen LogP contribution in [-0.4, -0.2) is 15.9 Å². The number of hydrogen-bond donors (Lipinski definition) is 2. The SMILES string of the molecule is O=C(Nc1ncc[nH]1)c1ccc2c(c1)CCC2. The van der Waals surface area contributed by atoms with Crippen molar-refractivity contribution >= 4 is 11.9 Å². The van der Waals surface area contributed by atoms with Gasteiger partial charge in [-0.3, -0.25) is 10.1 Å². The molecule has 0 aliphatic heterocycles. The van der Waals surface area contributed by atoms with Gasteiger partial charge in [0, 0.05) is 18.0 Å². The predicted molar refractivity (Wildman–Crippen MR) is 65.0 cm³/mol. The zero-order valence-corrected chi connectivity index (χ0v) is 9.36. The Hall–Kier alpha value is -2.10. The number of nitrogens with one attached hydrogen (secondary N) is 2. The Morgan fingerprint density at radius 3 is 3.00 bits per heavy atom. The third-order valence-corrected chi connectivity index (χ3v) is 3.09. The summed E-state index contributed by atoms with van der Waals surface area (Å²) in [7, 11) is 0. The minimum Gasteiger partial charge on any atom is -0.331 e. The van der Waals surface area contributed by atoms with Crippen molar-refractivity contribution in [1.82, 2.24) is 9.97 Å². The number of carbonyl (C=O) groups is 1. The summed E-state index contributed by atoms with van der Waals surface area (Å²) in [6.45, 7) is 0. The number of rotatable bonds is 2. The largest absolute Gasteiger partial charge is 0.331 e. The van der Waals surface area contributed by atoms with Crippen molar-refractivity contribution in [3.63, 3.8) is 0 Å². The fourth-order valence-corrected chi connectivity index (χ4v) is 2.23. The molecule has 1 amide bonds. The van der Waals surface area contributed by atoms with Gasteiger partial charge in [0.05, 0.1) is 0 Å². The number of anilines is 1. The maximum Gasteiger partial charge on any atom is 0.257 e. The highest BCUT2D eigenvalue weighted by Crippen LogP contribution is 2.23. The third-order valence-electron chi connectivity index (χ3n) is 3.09. The molecule has 0 radical (unpaired) electrons. The quantitative estimate of drug-likeness (QED) is 0.825. The topological polar surface area (TPSA) is 57.8 Å². The molecule has 1 aliphatic rings. The van der Waals surface area contributed by atoms with Crippen LogP contribution in [0.3, 0.4) is 0 Å². The number of carbonyl (C=O) groups excluding carboxylic acids is 1. The minimum atomic E-state index is -0.116. The maximum atomic E-state index is 11.9. The Balaban J connectivity index is 1.82. The van der Waals surface area contributed by atoms with Crippen molar-refractivity contribution in [2.45, 2.75) is 19.3 Å². The standard InChI is InChI=1S/C13H13N3O/c17-12(16-13-14-6-7-15-13)11-5-4-9-2-1-3-10(9)8-11/h4-8H,1-3H2,(H2,14,15,16,17). The highest BCUT2D eigenvalue weighted by atomic mass is 16.1. The number of nitrogens with zero attached hydrogens (tertiary/aromatic N) is 1. The van der Waals surface area contributed by atoms with E-state index in [-0.39, 0.29) is 5.91 Å². The van der Waals surface area contributed by atoms with Crippen LogP contribution in [0.15, 0.2) is 30.6 Å². The Kier molecular flexibility index (Phi) is 2.40. The van der Waals surface area contributed by atoms with Gasteiger partial charge in [-0.15, -0.1) is 0 Å². The predicted octanol–water partition coefficient (Wildman–Crippen LogP) is 2.15. The maximum absolute atomic E-state index is 11.9. The van der Waals surface area contributed by atoms with Gasteiger partial charge in [0.2, 0.25) is 5.95 Å². The summed E-state index contributed by atoms with van der Waals surface area (Å²) in [6, 6.07) is 5.92. The van der Waals surface area contributed by atoms with Crippen molar-refractivity contribution in [1.29, 1.82) is 0 Å². The van der Waals surface area contributed by atoms with Crippen LogP contribution in [0.25, 0.3) is 0 Å². The molecular formula is C13H13N3O. The molecule has 17 heavy (non-hydrogen) atoms. The lowest BCUT2D eigenvalue weighted by Crippen LogP contribution is -2.13. The van der Waals surface area contributed by atoms with Crippen LogP contribution in [-0.2, 0) is 12.8 Å². The summed E-state index contributed by atoms with van der Waals surface area (Å²) in [5, 5.41) is 2.72. The number of amides is 1. The second-order valence-corrected chi connectivity index (χ2v) is 4.23. The van der Waals surface area contributed by atoms with Crippen LogP contribution in [0.5, 0.6) is 0 Å². The van der Waals surface area contributed by atoms with E-state index in [9.17, 15) is 4.79 Å². The van der Waals surface area contributed by atoms with E-state index < -0.39 is 0 Å². The average Bonchev–Trinajstić information content (AvgIpc) is 2.97. The first-order chi connectivity index (χ1) is 8.33. The lowest BCUT2D eigenvalue weighted by atomic mass is 10.1. The number of hydrogen-bond acceptors (Lipinski definition) is 2. The molecule has 3 rings (SSSR count). The summed E-state index contributed by atoms with van der Waals surface area (Å²) in [5.41, 5.74) is 3.37. The molecule has 0 bridgehead atoms. The van der Waals surface area contributed by atoms with Crippen LogP contribution < -0.4 is 5.32 Å². The fraction of sp³-hybridized carbons (Fsp3) is 0.231. The molecule has 0 atom stereocenters. The van der Waals surface area contributed by atoms with Crippen molar-refractivity contribution in [3.8, 4) is 0 Å². The number of imidazole rings is 1. The molecule has 1 aromatic carbocycles. The third kappa shape index (κ3) is 1.93. The number of aromatic amines is 1. The van der Waals surface area contributed by atoms with Crippen LogP contribution in [0.2, 0.25) is 0 Å². The van der Waals surface area contributed by atoms with Crippen LogP contribution in [0.1, 0.15) is 27.9 Å². The van der Waals surface area contributed by atoms with Gasteiger partial charge in [0.25, 0.3) is 5.91 Å². The van der Waals surface area contributed by atoms with E-state index >= 15 is 0 Å². The summed E-state index contributed by atoms with van der Waals surface area (Å²) in [4.78, 5) is 18.8. The van der Waals surface area contributed by atoms with Gasteiger partial charge in [0.1, 0.15) is 0 Å². The van der Waals surface area contributed by atoms with Crippen molar-refractivity contribution in [2.75, 3.05) is 5.32 Å². The van der Waals surface area contributed by atoms with Crippen LogP contribution >= 0.6 is 0 Å². The number of aryl methyl sites for hydroxylation is 2. The van der Waals surface area contributed by atoms with Gasteiger partial charge in [0.15, 0.2) is 0 Å². The van der Waals surface area contributed by atoms with Gasteiger partial charge >= 0.3 is 0 Å². The van der Waals surface area contributed by atoms with Gasteiger partial charge in [-0.25, -0.2) is 4.98 Å². The fourth-order valence-electron chi connectivity index (χ4n) is 2.23. The lowest BCUT2D eigenvalue weighted by molar-refractivity contribution is 0.102. The van der Waals surface area contributed by atoms with Crippen molar-refractivity contribution in [3.05, 3.63) is 47.3 Å². The van der Waals surface area contributed by atoms with Gasteiger partial charge in [-0.05, 0) is 42.5 Å². The first-order valence-electron chi connectivity index (χ1n) is 5.75. The Morgan fingerprint density at radius 1 is 1.29 bits per heavy atom. The first-order valence-corrected chi connectivity index (χ1v) is 5.75. The van der Waals surface area contributed by atoms with E-state index in [1.165, 1.54) is 17.5 Å². The van der Waals surface area contributed by atoms with E-state index in [1.807, 2.05) is 12.1 Å². The van der Waals surface area contributed by atoms with Crippen molar-refractivity contribution in [2.24, 2.45) is 0 Å². The normalized spacial score (nSPS) is 13.4. The van der Waals surface area contributed by atoms with E-state index in [2.05, 4.69) is 21.4 Å². The summed E-state index contributed by atoms with van der Waals surface area (Å²) >= 11 is 0. The molecule has 0 spiro atoms. The molecule has 0 saturated heterocycles. The highest BCUT2D eigenvalue weighted by Gasteiger charge is 2.14. The molecule has 1 heterocycles.